The molecule has 1 aliphatic heterocycles. The minimum atomic E-state index is -2.63. The maximum atomic E-state index is 13.2. The number of carbonyl (C=O) groups excluding carboxylic acids is 1. The van der Waals surface area contributed by atoms with Crippen LogP contribution in [-0.2, 0) is 4.79 Å². The van der Waals surface area contributed by atoms with Gasteiger partial charge in [-0.2, -0.15) is 0 Å². The molecule has 0 radical (unpaired) electrons. The average Bonchev–Trinajstić information content (AvgIpc) is 2.40. The van der Waals surface area contributed by atoms with Crippen LogP contribution in [0.2, 0.25) is 0 Å². The van der Waals surface area contributed by atoms with Gasteiger partial charge in [0.25, 0.3) is 5.92 Å². The summed E-state index contributed by atoms with van der Waals surface area (Å²) in [6.07, 6.45) is -0.487. The van der Waals surface area contributed by atoms with E-state index in [1.54, 1.807) is 4.90 Å². The van der Waals surface area contributed by atoms with Crippen LogP contribution < -0.4 is 0 Å². The van der Waals surface area contributed by atoms with E-state index in [4.69, 9.17) is 0 Å². The van der Waals surface area contributed by atoms with Crippen molar-refractivity contribution in [3.05, 3.63) is 35.4 Å². The van der Waals surface area contributed by atoms with Crippen molar-refractivity contribution >= 4 is 5.91 Å². The highest BCUT2D eigenvalue weighted by atomic mass is 19.3. The maximum absolute atomic E-state index is 13.2. The molecule has 1 fully saturated rings. The summed E-state index contributed by atoms with van der Waals surface area (Å²) >= 11 is 0. The van der Waals surface area contributed by atoms with Crippen LogP contribution in [0, 0.1) is 6.92 Å². The molecular formula is C16H22F2N2O. The van der Waals surface area contributed by atoms with E-state index in [9.17, 15) is 13.6 Å². The van der Waals surface area contributed by atoms with E-state index in [-0.39, 0.29) is 31.8 Å². The first kappa shape index (κ1) is 15.9. The zero-order chi connectivity index (χ0) is 15.6. The van der Waals surface area contributed by atoms with Crippen LogP contribution in [0.1, 0.15) is 30.0 Å². The molecular weight excluding hydrogens is 274 g/mol. The molecule has 1 aromatic carbocycles. The number of hydrogen-bond acceptors (Lipinski definition) is 2. The number of carbonyl (C=O) groups is 1. The summed E-state index contributed by atoms with van der Waals surface area (Å²) in [6.45, 7) is 2.22. The molecule has 5 heteroatoms. The van der Waals surface area contributed by atoms with Crippen molar-refractivity contribution in [1.82, 2.24) is 9.80 Å². The lowest BCUT2D eigenvalue weighted by molar-refractivity contribution is -0.142. The van der Waals surface area contributed by atoms with E-state index < -0.39 is 12.0 Å². The van der Waals surface area contributed by atoms with Crippen LogP contribution in [0.15, 0.2) is 24.3 Å². The molecule has 1 aliphatic rings. The Hall–Kier alpha value is -1.49. The molecule has 3 nitrogen and oxygen atoms in total. The molecule has 21 heavy (non-hydrogen) atoms. The van der Waals surface area contributed by atoms with Gasteiger partial charge in [0.1, 0.15) is 6.04 Å². The van der Waals surface area contributed by atoms with Gasteiger partial charge >= 0.3 is 0 Å². The molecule has 0 bridgehead atoms. The highest BCUT2D eigenvalue weighted by Gasteiger charge is 2.38. The van der Waals surface area contributed by atoms with Crippen molar-refractivity contribution in [3.63, 3.8) is 0 Å². The van der Waals surface area contributed by atoms with Gasteiger partial charge in [0.05, 0.1) is 0 Å². The largest absolute Gasteiger partial charge is 0.341 e. The van der Waals surface area contributed by atoms with Crippen molar-refractivity contribution in [3.8, 4) is 0 Å². The van der Waals surface area contributed by atoms with Gasteiger partial charge in [0, 0.05) is 25.9 Å². The summed E-state index contributed by atoms with van der Waals surface area (Å²) < 4.78 is 26.5. The van der Waals surface area contributed by atoms with Gasteiger partial charge in [-0.1, -0.05) is 24.3 Å². The Bertz CT molecular complexity index is 507. The number of amides is 1. The molecule has 0 N–H and O–H groups in total. The van der Waals surface area contributed by atoms with Crippen LogP contribution in [0.25, 0.3) is 0 Å². The van der Waals surface area contributed by atoms with Crippen LogP contribution in [0.3, 0.4) is 0 Å². The molecule has 1 amide bonds. The summed E-state index contributed by atoms with van der Waals surface area (Å²) in [4.78, 5) is 16.2. The van der Waals surface area contributed by atoms with E-state index in [0.717, 1.165) is 11.1 Å². The first-order valence-electron chi connectivity index (χ1n) is 7.20. The highest BCUT2D eigenvalue weighted by Crippen LogP contribution is 2.30. The third-order valence-corrected chi connectivity index (χ3v) is 4.04. The summed E-state index contributed by atoms with van der Waals surface area (Å²) in [5, 5.41) is 0. The zero-order valence-corrected chi connectivity index (χ0v) is 12.8. The second-order valence-electron chi connectivity index (χ2n) is 5.90. The van der Waals surface area contributed by atoms with E-state index in [0.29, 0.717) is 0 Å². The number of nitrogens with zero attached hydrogens (tertiary/aromatic N) is 2. The molecule has 1 saturated heterocycles. The quantitative estimate of drug-likeness (QED) is 0.856. The maximum Gasteiger partial charge on any atom is 0.251 e. The average molecular weight is 296 g/mol. The topological polar surface area (TPSA) is 23.6 Å². The minimum absolute atomic E-state index is 0.0928. The molecule has 1 heterocycles. The number of piperidine rings is 1. The second kappa shape index (κ2) is 6.10. The van der Waals surface area contributed by atoms with Crippen LogP contribution in [-0.4, -0.2) is 48.8 Å². The zero-order valence-electron chi connectivity index (χ0n) is 12.8. The Morgan fingerprint density at radius 3 is 2.33 bits per heavy atom. The van der Waals surface area contributed by atoms with Crippen molar-refractivity contribution in [2.24, 2.45) is 0 Å². The lowest BCUT2D eigenvalue weighted by Gasteiger charge is -2.36. The molecule has 0 spiro atoms. The third-order valence-electron chi connectivity index (χ3n) is 4.04. The fourth-order valence-corrected chi connectivity index (χ4v) is 2.75. The number of aryl methyl sites for hydroxylation is 1. The number of likely N-dealkylation sites (tertiary alicyclic amines) is 1. The van der Waals surface area contributed by atoms with Gasteiger partial charge in [-0.05, 0) is 32.1 Å². The van der Waals surface area contributed by atoms with E-state index in [1.807, 2.05) is 50.2 Å². The summed E-state index contributed by atoms with van der Waals surface area (Å²) in [5.41, 5.74) is 1.97. The third kappa shape index (κ3) is 3.59. The molecule has 2 rings (SSSR count). The molecule has 1 atom stereocenters. The fourth-order valence-electron chi connectivity index (χ4n) is 2.75. The molecule has 1 aromatic rings. The van der Waals surface area contributed by atoms with Crippen LogP contribution in [0.5, 0.6) is 0 Å². The number of hydrogen-bond donors (Lipinski definition) is 0. The normalized spacial score (nSPS) is 19.6. The number of halogens is 2. The Morgan fingerprint density at radius 1 is 1.24 bits per heavy atom. The lowest BCUT2D eigenvalue weighted by atomic mass is 9.98. The van der Waals surface area contributed by atoms with Crippen molar-refractivity contribution < 1.29 is 13.6 Å². The summed E-state index contributed by atoms with van der Waals surface area (Å²) in [6, 6.07) is 7.30. The summed E-state index contributed by atoms with van der Waals surface area (Å²) in [5.74, 6) is -2.72. The van der Waals surface area contributed by atoms with Crippen LogP contribution in [0.4, 0.5) is 8.78 Å². The van der Waals surface area contributed by atoms with Gasteiger partial charge in [0.15, 0.2) is 0 Å². The molecule has 0 aliphatic carbocycles. The van der Waals surface area contributed by atoms with Crippen molar-refractivity contribution in [2.75, 3.05) is 27.2 Å². The second-order valence-corrected chi connectivity index (χ2v) is 5.90. The Kier molecular flexibility index (Phi) is 4.61. The molecule has 116 valence electrons. The van der Waals surface area contributed by atoms with Crippen LogP contribution >= 0.6 is 0 Å². The lowest BCUT2D eigenvalue weighted by Crippen LogP contribution is -2.47. The van der Waals surface area contributed by atoms with Gasteiger partial charge in [-0.25, -0.2) is 8.78 Å². The van der Waals surface area contributed by atoms with Gasteiger partial charge in [0.2, 0.25) is 5.91 Å². The first-order chi connectivity index (χ1) is 9.82. The van der Waals surface area contributed by atoms with Crippen molar-refractivity contribution in [1.29, 1.82) is 0 Å². The fraction of sp³-hybridized carbons (Fsp3) is 0.562. The number of rotatable bonds is 3. The van der Waals surface area contributed by atoms with Gasteiger partial charge < -0.3 is 4.90 Å². The standard InChI is InChI=1S/C16H22F2N2O/c1-12-6-4-5-7-13(12)14(19(2)3)15(21)20-10-8-16(17,18)9-11-20/h4-7,14H,8-11H2,1-3H3. The van der Waals surface area contributed by atoms with Gasteiger partial charge in [-0.15, -0.1) is 0 Å². The number of likely N-dealkylation sites (N-methyl/N-ethyl adjacent to an activating group) is 1. The Balaban J connectivity index is 2.20. The molecule has 0 aromatic heterocycles. The van der Waals surface area contributed by atoms with Crippen molar-refractivity contribution in [2.45, 2.75) is 31.7 Å². The Morgan fingerprint density at radius 2 is 1.81 bits per heavy atom. The first-order valence-corrected chi connectivity index (χ1v) is 7.20. The van der Waals surface area contributed by atoms with E-state index >= 15 is 0 Å². The van der Waals surface area contributed by atoms with Gasteiger partial charge in [-0.3, -0.25) is 9.69 Å². The molecule has 0 saturated carbocycles. The highest BCUT2D eigenvalue weighted by molar-refractivity contribution is 5.83. The molecule has 1 unspecified atom stereocenters. The summed E-state index contributed by atoms with van der Waals surface area (Å²) in [7, 11) is 3.68. The minimum Gasteiger partial charge on any atom is -0.341 e. The number of alkyl halides is 2. The SMILES string of the molecule is Cc1ccccc1C(C(=O)N1CCC(F)(F)CC1)N(C)C. The number of benzene rings is 1. The van der Waals surface area contributed by atoms with E-state index in [1.165, 1.54) is 0 Å². The monoisotopic (exact) mass is 296 g/mol. The van der Waals surface area contributed by atoms with E-state index in [2.05, 4.69) is 0 Å². The predicted molar refractivity (Wildman–Crippen MR) is 78.4 cm³/mol. The Labute approximate surface area is 124 Å². The smallest absolute Gasteiger partial charge is 0.251 e. The predicted octanol–water partition coefficient (Wildman–Crippen LogP) is 2.86.